The number of aromatic nitrogens is 2. The van der Waals surface area contributed by atoms with Crippen molar-refractivity contribution in [3.05, 3.63) is 77.0 Å². The summed E-state index contributed by atoms with van der Waals surface area (Å²) in [5.41, 5.74) is 5.92. The van der Waals surface area contributed by atoms with Gasteiger partial charge in [-0.05, 0) is 31.4 Å². The first-order valence-corrected chi connectivity index (χ1v) is 12.7. The molecule has 0 spiro atoms. The van der Waals surface area contributed by atoms with Gasteiger partial charge < -0.3 is 10.0 Å². The zero-order valence-electron chi connectivity index (χ0n) is 20.9. The van der Waals surface area contributed by atoms with Crippen molar-refractivity contribution in [2.45, 2.75) is 52.6 Å². The second-order valence-electron chi connectivity index (χ2n) is 9.49. The highest BCUT2D eigenvalue weighted by atomic mass is 16.3. The largest absolute Gasteiger partial charge is 0.392 e. The second kappa shape index (κ2) is 11.6. The number of unbranched alkanes of at least 4 members (excludes halogenated alkanes) is 1. The number of anilines is 1. The Morgan fingerprint density at radius 3 is 2.32 bits per heavy atom. The summed E-state index contributed by atoms with van der Waals surface area (Å²) in [6.45, 7) is 10.9. The number of hydrogen-bond donors (Lipinski definition) is 1. The lowest BCUT2D eigenvalue weighted by atomic mass is 9.99. The molecule has 0 radical (unpaired) electrons. The molecule has 3 aromatic rings. The zero-order valence-corrected chi connectivity index (χ0v) is 20.9. The van der Waals surface area contributed by atoms with Gasteiger partial charge in [-0.15, -0.1) is 0 Å². The van der Waals surface area contributed by atoms with Gasteiger partial charge in [-0.2, -0.15) is 0 Å². The molecule has 1 atom stereocenters. The molecule has 5 heteroatoms. The summed E-state index contributed by atoms with van der Waals surface area (Å²) in [5, 5.41) is 10.4. The van der Waals surface area contributed by atoms with Gasteiger partial charge in [0.05, 0.1) is 6.10 Å². The van der Waals surface area contributed by atoms with Crippen LogP contribution in [0.15, 0.2) is 54.6 Å². The summed E-state index contributed by atoms with van der Waals surface area (Å²) in [6.07, 6.45) is 3.72. The molecule has 180 valence electrons. The van der Waals surface area contributed by atoms with E-state index in [1.807, 2.05) is 18.2 Å². The van der Waals surface area contributed by atoms with E-state index in [2.05, 4.69) is 67.0 Å². The Bertz CT molecular complexity index is 1060. The fourth-order valence-corrected chi connectivity index (χ4v) is 4.74. The molecule has 2 aromatic carbocycles. The van der Waals surface area contributed by atoms with Gasteiger partial charge in [0.1, 0.15) is 5.82 Å². The van der Waals surface area contributed by atoms with Gasteiger partial charge in [-0.25, -0.2) is 9.97 Å². The monoisotopic (exact) mass is 458 g/mol. The quantitative estimate of drug-likeness (QED) is 0.488. The zero-order chi connectivity index (χ0) is 23.9. The van der Waals surface area contributed by atoms with Crippen molar-refractivity contribution in [3.8, 4) is 11.4 Å². The average Bonchev–Trinajstić information content (AvgIpc) is 2.86. The molecule has 5 nitrogen and oxygen atoms in total. The van der Waals surface area contributed by atoms with E-state index in [1.54, 1.807) is 0 Å². The molecular formula is C29H38N4O. The Morgan fingerprint density at radius 2 is 1.62 bits per heavy atom. The van der Waals surface area contributed by atoms with Crippen molar-refractivity contribution in [2.75, 3.05) is 37.6 Å². The van der Waals surface area contributed by atoms with Gasteiger partial charge in [0.25, 0.3) is 0 Å². The predicted molar refractivity (Wildman–Crippen MR) is 140 cm³/mol. The molecule has 1 aliphatic rings. The molecule has 1 aromatic heterocycles. The molecule has 0 saturated carbocycles. The Labute approximate surface area is 204 Å². The highest BCUT2D eigenvalue weighted by Crippen LogP contribution is 2.29. The maximum absolute atomic E-state index is 10.4. The van der Waals surface area contributed by atoms with Crippen molar-refractivity contribution in [1.82, 2.24) is 14.9 Å². The van der Waals surface area contributed by atoms with Crippen molar-refractivity contribution in [1.29, 1.82) is 0 Å². The van der Waals surface area contributed by atoms with Gasteiger partial charge in [0.2, 0.25) is 0 Å². The van der Waals surface area contributed by atoms with Crippen molar-refractivity contribution in [2.24, 2.45) is 0 Å². The Kier molecular flexibility index (Phi) is 8.30. The molecule has 34 heavy (non-hydrogen) atoms. The van der Waals surface area contributed by atoms with Crippen molar-refractivity contribution in [3.63, 3.8) is 0 Å². The first-order valence-electron chi connectivity index (χ1n) is 12.7. The fourth-order valence-electron chi connectivity index (χ4n) is 4.74. The summed E-state index contributed by atoms with van der Waals surface area (Å²) >= 11 is 0. The van der Waals surface area contributed by atoms with Crippen LogP contribution in [0.5, 0.6) is 0 Å². The molecule has 1 N–H and O–H groups in total. The van der Waals surface area contributed by atoms with E-state index in [1.165, 1.54) is 16.7 Å². The molecular weight excluding hydrogens is 420 g/mol. The molecule has 4 rings (SSSR count). The summed E-state index contributed by atoms with van der Waals surface area (Å²) in [7, 11) is 0. The third kappa shape index (κ3) is 6.02. The Morgan fingerprint density at radius 1 is 0.912 bits per heavy atom. The lowest BCUT2D eigenvalue weighted by molar-refractivity contribution is 0.100. The van der Waals surface area contributed by atoms with Crippen LogP contribution in [0.3, 0.4) is 0 Å². The van der Waals surface area contributed by atoms with Crippen LogP contribution in [-0.2, 0) is 6.42 Å². The molecule has 1 unspecified atom stereocenters. The van der Waals surface area contributed by atoms with Crippen LogP contribution in [0, 0.1) is 13.8 Å². The highest BCUT2D eigenvalue weighted by Gasteiger charge is 2.24. The summed E-state index contributed by atoms with van der Waals surface area (Å²) in [4.78, 5) is 14.9. The van der Waals surface area contributed by atoms with Gasteiger partial charge >= 0.3 is 0 Å². The summed E-state index contributed by atoms with van der Waals surface area (Å²) < 4.78 is 0. The maximum Gasteiger partial charge on any atom is 0.161 e. The van der Waals surface area contributed by atoms with E-state index in [0.717, 1.165) is 81.3 Å². The number of nitrogens with zero attached hydrogens (tertiary/aromatic N) is 4. The minimum absolute atomic E-state index is 0.228. The second-order valence-corrected chi connectivity index (χ2v) is 9.49. The Hall–Kier alpha value is -2.76. The van der Waals surface area contributed by atoms with Crippen LogP contribution in [-0.4, -0.2) is 58.8 Å². The smallest absolute Gasteiger partial charge is 0.161 e. The van der Waals surface area contributed by atoms with E-state index < -0.39 is 0 Å². The summed E-state index contributed by atoms with van der Waals surface area (Å²) in [5.74, 6) is 1.85. The molecule has 1 saturated heterocycles. The van der Waals surface area contributed by atoms with Gasteiger partial charge in [0.15, 0.2) is 5.82 Å². The van der Waals surface area contributed by atoms with E-state index in [9.17, 15) is 5.11 Å². The van der Waals surface area contributed by atoms with Crippen LogP contribution in [0.4, 0.5) is 5.82 Å². The minimum atomic E-state index is -0.228. The molecule has 2 heterocycles. The maximum atomic E-state index is 10.4. The van der Waals surface area contributed by atoms with Gasteiger partial charge in [0, 0.05) is 56.0 Å². The molecule has 0 bridgehead atoms. The number of benzene rings is 2. The van der Waals surface area contributed by atoms with Gasteiger partial charge in [-0.1, -0.05) is 74.4 Å². The topological polar surface area (TPSA) is 52.5 Å². The number of piperazine rings is 1. The number of aliphatic hydroxyl groups is 1. The van der Waals surface area contributed by atoms with E-state index in [-0.39, 0.29) is 6.10 Å². The van der Waals surface area contributed by atoms with Crippen molar-refractivity contribution < 1.29 is 5.11 Å². The average molecular weight is 459 g/mol. The first-order chi connectivity index (χ1) is 16.5. The number of rotatable bonds is 9. The lowest BCUT2D eigenvalue weighted by Crippen LogP contribution is -2.49. The minimum Gasteiger partial charge on any atom is -0.392 e. The number of β-amino-alcohol motifs (C(OH)–C–C–N with tert-alkyl or cyclic N) is 1. The number of aryl methyl sites for hydroxylation is 2. The van der Waals surface area contributed by atoms with Crippen LogP contribution in [0.25, 0.3) is 11.4 Å². The van der Waals surface area contributed by atoms with E-state index in [4.69, 9.17) is 9.97 Å². The first kappa shape index (κ1) is 24.4. The molecule has 1 fully saturated rings. The van der Waals surface area contributed by atoms with E-state index >= 15 is 0 Å². The normalized spacial score (nSPS) is 15.5. The fraction of sp³-hybridized carbons (Fsp3) is 0.448. The molecule has 1 aliphatic heterocycles. The predicted octanol–water partition coefficient (Wildman–Crippen LogP) is 5.02. The Balaban J connectivity index is 1.59. The van der Waals surface area contributed by atoms with Crippen LogP contribution >= 0.6 is 0 Å². The summed E-state index contributed by atoms with van der Waals surface area (Å²) in [6, 6.07) is 18.8. The van der Waals surface area contributed by atoms with Crippen molar-refractivity contribution >= 4 is 5.82 Å². The number of aliphatic hydroxyl groups excluding tert-OH is 1. The standard InChI is InChI=1S/C29H38N4O/c1-4-5-15-26(34)21-32-16-18-33(19-17-32)29-27(20-25-14-10-9-11-22(25)2)23(3)30-28(31-29)24-12-7-6-8-13-24/h6-14,26,34H,4-5,15-21H2,1-3H3. The highest BCUT2D eigenvalue weighted by molar-refractivity contribution is 5.61. The molecule has 0 aliphatic carbocycles. The lowest BCUT2D eigenvalue weighted by Gasteiger charge is -2.37. The third-order valence-corrected chi connectivity index (χ3v) is 6.88. The third-order valence-electron chi connectivity index (χ3n) is 6.88. The van der Waals surface area contributed by atoms with E-state index in [0.29, 0.717) is 0 Å². The van der Waals surface area contributed by atoms with Gasteiger partial charge in [-0.3, -0.25) is 4.90 Å². The molecule has 0 amide bonds. The van der Waals surface area contributed by atoms with Crippen LogP contribution in [0.1, 0.15) is 48.6 Å². The van der Waals surface area contributed by atoms with Crippen LogP contribution in [0.2, 0.25) is 0 Å². The SMILES string of the molecule is CCCCC(O)CN1CCN(c2nc(-c3ccccc3)nc(C)c2Cc2ccccc2C)CC1. The number of hydrogen-bond acceptors (Lipinski definition) is 5. The van der Waals surface area contributed by atoms with Crippen LogP contribution < -0.4 is 4.90 Å².